The molecular formula is C26H31N2O+. The average molecular weight is 390 g/mol. The summed E-state index contributed by atoms with van der Waals surface area (Å²) in [5.41, 5.74) is 7.34. The monoisotopic (exact) mass is 389 g/mol. The summed E-state index contributed by atoms with van der Waals surface area (Å²) in [7, 11) is 1.98. The zero-order valence-electron chi connectivity index (χ0n) is 20.4. The van der Waals surface area contributed by atoms with Crippen LogP contribution in [0, 0.1) is 19.8 Å². The number of nitrogens with zero attached hydrogens (tertiary/aromatic N) is 2. The van der Waals surface area contributed by atoms with Gasteiger partial charge < -0.3 is 4.42 Å². The van der Waals surface area contributed by atoms with Crippen molar-refractivity contribution in [3.63, 3.8) is 0 Å². The molecule has 0 amide bonds. The van der Waals surface area contributed by atoms with Crippen LogP contribution in [0.4, 0.5) is 0 Å². The smallest absolute Gasteiger partial charge is 0.227 e. The van der Waals surface area contributed by atoms with E-state index in [4.69, 9.17) is 12.1 Å². The van der Waals surface area contributed by atoms with Gasteiger partial charge in [0.2, 0.25) is 11.4 Å². The van der Waals surface area contributed by atoms with Gasteiger partial charge in [-0.05, 0) is 55.3 Å². The first-order valence-corrected chi connectivity index (χ1v) is 10.4. The van der Waals surface area contributed by atoms with Crippen molar-refractivity contribution in [2.45, 2.75) is 53.8 Å². The molecule has 0 saturated carbocycles. The fourth-order valence-electron chi connectivity index (χ4n) is 3.93. The van der Waals surface area contributed by atoms with Crippen LogP contribution in [0.2, 0.25) is 0 Å². The Balaban J connectivity index is 1.99. The minimum Gasteiger partial charge on any atom is -0.437 e. The second kappa shape index (κ2) is 7.29. The second-order valence-electron chi connectivity index (χ2n) is 8.65. The van der Waals surface area contributed by atoms with E-state index in [9.17, 15) is 0 Å². The fraction of sp³-hybridized carbons (Fsp3) is 0.385. The summed E-state index contributed by atoms with van der Waals surface area (Å²) < 4.78 is 25.5. The maximum Gasteiger partial charge on any atom is 0.227 e. The lowest BCUT2D eigenvalue weighted by Gasteiger charge is -2.11. The van der Waals surface area contributed by atoms with Gasteiger partial charge in [-0.25, -0.2) is 9.55 Å². The molecule has 3 heteroatoms. The highest BCUT2D eigenvalue weighted by Gasteiger charge is 2.22. The van der Waals surface area contributed by atoms with Crippen molar-refractivity contribution in [2.24, 2.45) is 13.0 Å². The van der Waals surface area contributed by atoms with Crippen LogP contribution in [0.15, 0.2) is 40.9 Å². The molecule has 0 atom stereocenters. The largest absolute Gasteiger partial charge is 0.437 e. The summed E-state index contributed by atoms with van der Waals surface area (Å²) in [6.07, 6.45) is 0.540. The van der Waals surface area contributed by atoms with Crippen molar-refractivity contribution < 1.29 is 11.7 Å². The lowest BCUT2D eigenvalue weighted by Crippen LogP contribution is -2.32. The van der Waals surface area contributed by atoms with Crippen molar-refractivity contribution in [2.75, 3.05) is 0 Å². The van der Waals surface area contributed by atoms with Gasteiger partial charge in [-0.3, -0.25) is 0 Å². The SMILES string of the molecule is [2H]C([2H])(c1c[n+](C)c(-c2c(C)ccc3c2oc2nc(C(C)C)ccc23)cc1C)C(C)C. The lowest BCUT2D eigenvalue weighted by molar-refractivity contribution is -0.660. The van der Waals surface area contributed by atoms with E-state index in [1.165, 1.54) is 0 Å². The number of rotatable bonds is 4. The van der Waals surface area contributed by atoms with E-state index in [0.717, 1.165) is 50.0 Å². The molecule has 0 aliphatic rings. The molecule has 0 saturated heterocycles. The summed E-state index contributed by atoms with van der Waals surface area (Å²) in [4.78, 5) is 4.76. The second-order valence-corrected chi connectivity index (χ2v) is 8.65. The van der Waals surface area contributed by atoms with Gasteiger partial charge in [0.15, 0.2) is 11.8 Å². The Kier molecular flexibility index (Phi) is 4.32. The van der Waals surface area contributed by atoms with Crippen LogP contribution in [0.1, 0.15) is 58.7 Å². The molecule has 150 valence electrons. The zero-order valence-corrected chi connectivity index (χ0v) is 18.4. The molecule has 4 rings (SSSR count). The van der Waals surface area contributed by atoms with E-state index in [0.29, 0.717) is 11.6 Å². The summed E-state index contributed by atoms with van der Waals surface area (Å²) in [5, 5.41) is 2.07. The Labute approximate surface area is 176 Å². The maximum atomic E-state index is 8.56. The Hall–Kier alpha value is -2.68. The number of aryl methyl sites for hydroxylation is 3. The van der Waals surface area contributed by atoms with Crippen molar-refractivity contribution in [3.05, 3.63) is 58.9 Å². The molecule has 29 heavy (non-hydrogen) atoms. The van der Waals surface area contributed by atoms with Gasteiger partial charge in [0.25, 0.3) is 0 Å². The summed E-state index contributed by atoms with van der Waals surface area (Å²) in [6.45, 7) is 12.2. The van der Waals surface area contributed by atoms with Crippen LogP contribution < -0.4 is 4.57 Å². The normalized spacial score (nSPS) is 13.6. The Morgan fingerprint density at radius 1 is 1.03 bits per heavy atom. The maximum absolute atomic E-state index is 8.56. The van der Waals surface area contributed by atoms with Crippen LogP contribution >= 0.6 is 0 Å². The van der Waals surface area contributed by atoms with Gasteiger partial charge in [0, 0.05) is 30.8 Å². The topological polar surface area (TPSA) is 29.9 Å². The predicted octanol–water partition coefficient (Wildman–Crippen LogP) is 6.41. The van der Waals surface area contributed by atoms with Crippen LogP contribution in [-0.4, -0.2) is 4.98 Å². The van der Waals surface area contributed by atoms with Gasteiger partial charge >= 0.3 is 0 Å². The zero-order chi connectivity index (χ0) is 22.7. The number of benzene rings is 1. The molecule has 0 spiro atoms. The molecular weight excluding hydrogens is 356 g/mol. The van der Waals surface area contributed by atoms with Crippen LogP contribution in [0.3, 0.4) is 0 Å². The number of hydrogen-bond acceptors (Lipinski definition) is 2. The number of hydrogen-bond donors (Lipinski definition) is 0. The first-order valence-electron chi connectivity index (χ1n) is 11.4. The number of pyridine rings is 2. The van der Waals surface area contributed by atoms with Gasteiger partial charge in [-0.1, -0.05) is 39.8 Å². The van der Waals surface area contributed by atoms with Gasteiger partial charge in [-0.15, -0.1) is 0 Å². The molecule has 3 nitrogen and oxygen atoms in total. The molecule has 0 aliphatic heterocycles. The quantitative estimate of drug-likeness (QED) is 0.377. The Morgan fingerprint density at radius 2 is 1.76 bits per heavy atom. The Morgan fingerprint density at radius 3 is 2.45 bits per heavy atom. The van der Waals surface area contributed by atoms with E-state index < -0.39 is 6.37 Å². The highest BCUT2D eigenvalue weighted by Crippen LogP contribution is 2.37. The number of furan rings is 1. The predicted molar refractivity (Wildman–Crippen MR) is 120 cm³/mol. The summed E-state index contributed by atoms with van der Waals surface area (Å²) in [6, 6.07) is 10.5. The van der Waals surface area contributed by atoms with E-state index >= 15 is 0 Å². The number of fused-ring (bicyclic) bond motifs is 3. The molecule has 0 N–H and O–H groups in total. The highest BCUT2D eigenvalue weighted by atomic mass is 16.3. The van der Waals surface area contributed by atoms with Crippen LogP contribution in [0.5, 0.6) is 0 Å². The molecule has 0 aliphatic carbocycles. The van der Waals surface area contributed by atoms with E-state index in [1.54, 1.807) is 0 Å². The van der Waals surface area contributed by atoms with Crippen molar-refractivity contribution >= 4 is 22.1 Å². The van der Waals surface area contributed by atoms with E-state index in [1.807, 2.05) is 38.6 Å². The number of aromatic nitrogens is 2. The van der Waals surface area contributed by atoms with Gasteiger partial charge in [-0.2, -0.15) is 0 Å². The molecule has 0 fully saturated rings. The molecule has 0 unspecified atom stereocenters. The third-order valence-corrected chi connectivity index (χ3v) is 5.51. The summed E-state index contributed by atoms with van der Waals surface area (Å²) in [5.74, 6) is 0.224. The van der Waals surface area contributed by atoms with Crippen LogP contribution in [-0.2, 0) is 13.4 Å². The molecule has 3 heterocycles. The highest BCUT2D eigenvalue weighted by molar-refractivity contribution is 6.08. The standard InChI is InChI=1S/C26H31N2O/c1-15(2)12-19-14-28(7)23(13-18(19)6)24-17(5)8-9-20-21-10-11-22(16(3)4)27-26(21)29-25(20)24/h8-11,13-16H,12H2,1-7H3/q+1/i12D2. The van der Waals surface area contributed by atoms with Crippen LogP contribution in [0.25, 0.3) is 33.3 Å². The molecule has 0 bridgehead atoms. The van der Waals surface area contributed by atoms with Crippen molar-refractivity contribution in [3.8, 4) is 11.3 Å². The minimum atomic E-state index is -1.39. The minimum absolute atomic E-state index is 0.112. The first-order chi connectivity index (χ1) is 14.5. The van der Waals surface area contributed by atoms with Gasteiger partial charge in [0.05, 0.1) is 5.56 Å². The fourth-order valence-corrected chi connectivity index (χ4v) is 3.93. The van der Waals surface area contributed by atoms with E-state index in [-0.39, 0.29) is 5.92 Å². The van der Waals surface area contributed by atoms with Crippen molar-refractivity contribution in [1.82, 2.24) is 4.98 Å². The third-order valence-electron chi connectivity index (χ3n) is 5.51. The van der Waals surface area contributed by atoms with E-state index in [2.05, 4.69) is 51.1 Å². The molecule has 4 aromatic rings. The van der Waals surface area contributed by atoms with Crippen molar-refractivity contribution in [1.29, 1.82) is 0 Å². The van der Waals surface area contributed by atoms with Gasteiger partial charge in [0.1, 0.15) is 7.05 Å². The third kappa shape index (κ3) is 3.43. The Bertz CT molecular complexity index is 1300. The average Bonchev–Trinajstić information content (AvgIpc) is 3.07. The summed E-state index contributed by atoms with van der Waals surface area (Å²) >= 11 is 0. The first kappa shape index (κ1) is 17.2. The molecule has 0 radical (unpaired) electrons. The molecule has 1 aromatic carbocycles. The molecule has 3 aromatic heterocycles. The lowest BCUT2D eigenvalue weighted by atomic mass is 9.96.